The molecule has 2 fully saturated rings. The largest absolute Gasteiger partial charge is 0.379 e. The fourth-order valence-corrected chi connectivity index (χ4v) is 4.26. The smallest absolute Gasteiger partial charge is 0.255 e. The number of hydrogen-bond acceptors (Lipinski definition) is 4. The minimum Gasteiger partial charge on any atom is -0.379 e. The number of nitrogens with zero attached hydrogens (tertiary/aromatic N) is 2. The fraction of sp³-hybridized carbons (Fsp3) is 0.480. The van der Waals surface area contributed by atoms with Crippen LogP contribution in [0.2, 0.25) is 0 Å². The average molecular weight is 408 g/mol. The van der Waals surface area contributed by atoms with Crippen LogP contribution in [0.1, 0.15) is 40.7 Å². The molecule has 5 heteroatoms. The van der Waals surface area contributed by atoms with E-state index in [9.17, 15) is 4.79 Å². The van der Waals surface area contributed by atoms with E-state index in [1.54, 1.807) is 0 Å². The van der Waals surface area contributed by atoms with Gasteiger partial charge >= 0.3 is 0 Å². The second-order valence-electron chi connectivity index (χ2n) is 8.39. The van der Waals surface area contributed by atoms with Gasteiger partial charge in [-0.3, -0.25) is 14.6 Å². The Balaban J connectivity index is 1.29. The van der Waals surface area contributed by atoms with Crippen LogP contribution in [-0.2, 0) is 17.7 Å². The summed E-state index contributed by atoms with van der Waals surface area (Å²) < 4.78 is 5.40. The van der Waals surface area contributed by atoms with Crippen LogP contribution in [0, 0.1) is 0 Å². The summed E-state index contributed by atoms with van der Waals surface area (Å²) in [5.74, 6) is -0.0449. The van der Waals surface area contributed by atoms with E-state index in [-0.39, 0.29) is 5.91 Å². The van der Waals surface area contributed by atoms with E-state index >= 15 is 0 Å². The van der Waals surface area contributed by atoms with Gasteiger partial charge in [0.25, 0.3) is 5.91 Å². The zero-order valence-electron chi connectivity index (χ0n) is 17.8. The van der Waals surface area contributed by atoms with Crippen molar-refractivity contribution < 1.29 is 9.53 Å². The molecule has 0 spiro atoms. The Labute approximate surface area is 180 Å². The molecule has 0 unspecified atom stereocenters. The fourth-order valence-electron chi connectivity index (χ4n) is 4.26. The summed E-state index contributed by atoms with van der Waals surface area (Å²) in [6.45, 7) is 8.02. The standard InChI is InChI=1S/C25H33N3O2/c29-25(23-6-4-5-22(19-23)20-28-12-2-1-3-13-28)26-24-9-7-21(8-10-24)11-14-27-15-17-30-18-16-27/h4-10,19H,1-3,11-18,20H2,(H,26,29). The van der Waals surface area contributed by atoms with E-state index in [1.807, 2.05) is 30.3 Å². The maximum absolute atomic E-state index is 12.7. The van der Waals surface area contributed by atoms with Gasteiger partial charge in [0, 0.05) is 37.4 Å². The first-order valence-corrected chi connectivity index (χ1v) is 11.3. The summed E-state index contributed by atoms with van der Waals surface area (Å²) in [4.78, 5) is 17.7. The molecule has 2 aliphatic heterocycles. The van der Waals surface area contributed by atoms with E-state index in [4.69, 9.17) is 4.74 Å². The lowest BCUT2D eigenvalue weighted by Gasteiger charge is -2.26. The van der Waals surface area contributed by atoms with E-state index in [0.717, 1.165) is 70.2 Å². The maximum atomic E-state index is 12.7. The molecule has 1 N–H and O–H groups in total. The van der Waals surface area contributed by atoms with Crippen molar-refractivity contribution in [3.8, 4) is 0 Å². The highest BCUT2D eigenvalue weighted by Gasteiger charge is 2.13. The van der Waals surface area contributed by atoms with Crippen molar-refractivity contribution in [3.05, 3.63) is 65.2 Å². The molecule has 2 aromatic carbocycles. The third-order valence-corrected chi connectivity index (χ3v) is 6.08. The molecule has 1 amide bonds. The lowest BCUT2D eigenvalue weighted by atomic mass is 10.1. The average Bonchev–Trinajstić information content (AvgIpc) is 2.80. The monoisotopic (exact) mass is 407 g/mol. The Bertz CT molecular complexity index is 809. The Kier molecular flexibility index (Phi) is 7.51. The molecule has 0 bridgehead atoms. The van der Waals surface area contributed by atoms with E-state index in [2.05, 4.69) is 33.3 Å². The first-order valence-electron chi connectivity index (χ1n) is 11.3. The van der Waals surface area contributed by atoms with Gasteiger partial charge in [0.05, 0.1) is 13.2 Å². The number of amides is 1. The van der Waals surface area contributed by atoms with Crippen molar-refractivity contribution in [2.45, 2.75) is 32.2 Å². The predicted molar refractivity (Wildman–Crippen MR) is 121 cm³/mol. The van der Waals surface area contributed by atoms with Crippen LogP contribution < -0.4 is 5.32 Å². The van der Waals surface area contributed by atoms with E-state index in [0.29, 0.717) is 0 Å². The molecular weight excluding hydrogens is 374 g/mol. The Hall–Kier alpha value is -2.21. The number of ether oxygens (including phenoxy) is 1. The quantitative estimate of drug-likeness (QED) is 0.758. The molecular formula is C25H33N3O2. The number of anilines is 1. The summed E-state index contributed by atoms with van der Waals surface area (Å²) in [5, 5.41) is 3.04. The summed E-state index contributed by atoms with van der Waals surface area (Å²) in [6, 6.07) is 16.3. The summed E-state index contributed by atoms with van der Waals surface area (Å²) >= 11 is 0. The minimum atomic E-state index is -0.0449. The number of benzene rings is 2. The van der Waals surface area contributed by atoms with E-state index < -0.39 is 0 Å². The van der Waals surface area contributed by atoms with Crippen molar-refractivity contribution in [2.24, 2.45) is 0 Å². The van der Waals surface area contributed by atoms with Crippen LogP contribution in [0.3, 0.4) is 0 Å². The third-order valence-electron chi connectivity index (χ3n) is 6.08. The second-order valence-corrected chi connectivity index (χ2v) is 8.39. The highest BCUT2D eigenvalue weighted by Crippen LogP contribution is 2.16. The normalized spacial score (nSPS) is 18.3. The molecule has 2 saturated heterocycles. The molecule has 30 heavy (non-hydrogen) atoms. The number of hydrogen-bond donors (Lipinski definition) is 1. The topological polar surface area (TPSA) is 44.8 Å². The van der Waals surface area contributed by atoms with Crippen LogP contribution in [0.4, 0.5) is 5.69 Å². The van der Waals surface area contributed by atoms with Crippen LogP contribution in [-0.4, -0.2) is 61.6 Å². The number of rotatable bonds is 7. The van der Waals surface area contributed by atoms with Gasteiger partial charge in [-0.25, -0.2) is 0 Å². The minimum absolute atomic E-state index is 0.0449. The first kappa shape index (κ1) is 21.0. The highest BCUT2D eigenvalue weighted by molar-refractivity contribution is 6.04. The zero-order valence-corrected chi connectivity index (χ0v) is 17.8. The van der Waals surface area contributed by atoms with Crippen molar-refractivity contribution in [2.75, 3.05) is 51.3 Å². The van der Waals surface area contributed by atoms with Crippen LogP contribution in [0.15, 0.2) is 48.5 Å². The van der Waals surface area contributed by atoms with Gasteiger partial charge in [-0.2, -0.15) is 0 Å². The molecule has 0 atom stereocenters. The number of piperidine rings is 1. The number of nitrogens with one attached hydrogen (secondary N) is 1. The summed E-state index contributed by atoms with van der Waals surface area (Å²) in [5.41, 5.74) is 4.07. The molecule has 160 valence electrons. The summed E-state index contributed by atoms with van der Waals surface area (Å²) in [6.07, 6.45) is 4.92. The lowest BCUT2D eigenvalue weighted by Crippen LogP contribution is -2.37. The van der Waals surface area contributed by atoms with Gasteiger partial charge in [-0.1, -0.05) is 30.7 Å². The van der Waals surface area contributed by atoms with Crippen LogP contribution in [0.5, 0.6) is 0 Å². The van der Waals surface area contributed by atoms with E-state index in [1.165, 1.54) is 30.4 Å². The molecule has 2 heterocycles. The maximum Gasteiger partial charge on any atom is 0.255 e. The van der Waals surface area contributed by atoms with Gasteiger partial charge in [-0.05, 0) is 67.7 Å². The number of morpholine rings is 1. The van der Waals surface area contributed by atoms with Gasteiger partial charge in [-0.15, -0.1) is 0 Å². The molecule has 0 saturated carbocycles. The Morgan fingerprint density at radius 3 is 2.40 bits per heavy atom. The van der Waals surface area contributed by atoms with Gasteiger partial charge < -0.3 is 10.1 Å². The van der Waals surface area contributed by atoms with Gasteiger partial charge in [0.15, 0.2) is 0 Å². The van der Waals surface area contributed by atoms with Crippen molar-refractivity contribution in [1.82, 2.24) is 9.80 Å². The molecule has 2 aliphatic rings. The predicted octanol–water partition coefficient (Wildman–Crippen LogP) is 3.80. The lowest BCUT2D eigenvalue weighted by molar-refractivity contribution is 0.0384. The first-order chi connectivity index (χ1) is 14.8. The molecule has 0 aliphatic carbocycles. The van der Waals surface area contributed by atoms with Crippen LogP contribution >= 0.6 is 0 Å². The molecule has 4 rings (SSSR count). The Morgan fingerprint density at radius 1 is 0.867 bits per heavy atom. The number of likely N-dealkylation sites (tertiary alicyclic amines) is 1. The van der Waals surface area contributed by atoms with Gasteiger partial charge in [0.1, 0.15) is 0 Å². The van der Waals surface area contributed by atoms with Gasteiger partial charge in [0.2, 0.25) is 0 Å². The Morgan fingerprint density at radius 2 is 1.63 bits per heavy atom. The molecule has 5 nitrogen and oxygen atoms in total. The molecule has 0 radical (unpaired) electrons. The zero-order chi connectivity index (χ0) is 20.6. The van der Waals surface area contributed by atoms with Crippen molar-refractivity contribution in [3.63, 3.8) is 0 Å². The number of carbonyl (C=O) groups excluding carboxylic acids is 1. The third kappa shape index (κ3) is 6.14. The number of carbonyl (C=O) groups is 1. The van der Waals surface area contributed by atoms with Crippen molar-refractivity contribution >= 4 is 11.6 Å². The second kappa shape index (κ2) is 10.7. The molecule has 0 aromatic heterocycles. The SMILES string of the molecule is O=C(Nc1ccc(CCN2CCOCC2)cc1)c1cccc(CN2CCCCC2)c1. The van der Waals surface area contributed by atoms with Crippen LogP contribution in [0.25, 0.3) is 0 Å². The van der Waals surface area contributed by atoms with Crippen molar-refractivity contribution in [1.29, 1.82) is 0 Å². The summed E-state index contributed by atoms with van der Waals surface area (Å²) in [7, 11) is 0. The molecule has 2 aromatic rings. The highest BCUT2D eigenvalue weighted by atomic mass is 16.5.